The van der Waals surface area contributed by atoms with E-state index >= 15 is 0 Å². The van der Waals surface area contributed by atoms with Gasteiger partial charge in [-0.05, 0) is 42.4 Å². The average molecular weight is 302 g/mol. The van der Waals surface area contributed by atoms with Crippen LogP contribution in [0.5, 0.6) is 0 Å². The standard InChI is InChI=1S/C17H16ClNO2/c18-16(11-15-4-1-2-7-17(15)19(20)21)14-9-8-12-5-3-6-13(12)10-14/h1-2,4,7-10,16H,3,5-6,11H2. The predicted octanol–water partition coefficient (Wildman–Crippen LogP) is 4.61. The highest BCUT2D eigenvalue weighted by molar-refractivity contribution is 6.21. The molecule has 3 rings (SSSR count). The van der Waals surface area contributed by atoms with Crippen LogP contribution in [-0.2, 0) is 19.3 Å². The molecule has 0 aromatic heterocycles. The van der Waals surface area contributed by atoms with E-state index in [1.165, 1.54) is 23.6 Å². The topological polar surface area (TPSA) is 43.1 Å². The number of para-hydroxylation sites is 1. The van der Waals surface area contributed by atoms with Crippen LogP contribution in [0.25, 0.3) is 0 Å². The average Bonchev–Trinajstić information content (AvgIpc) is 2.94. The quantitative estimate of drug-likeness (QED) is 0.470. The number of rotatable bonds is 4. The molecule has 2 aromatic carbocycles. The zero-order valence-electron chi connectivity index (χ0n) is 11.6. The molecule has 0 heterocycles. The summed E-state index contributed by atoms with van der Waals surface area (Å²) in [5, 5.41) is 10.8. The Morgan fingerprint density at radius 3 is 2.71 bits per heavy atom. The number of halogens is 1. The maximum atomic E-state index is 11.1. The Balaban J connectivity index is 1.83. The molecule has 0 radical (unpaired) electrons. The van der Waals surface area contributed by atoms with Gasteiger partial charge in [-0.3, -0.25) is 10.1 Å². The maximum Gasteiger partial charge on any atom is 0.272 e. The third-order valence-corrected chi connectivity index (χ3v) is 4.48. The Bertz CT molecular complexity index is 684. The molecule has 108 valence electrons. The van der Waals surface area contributed by atoms with Crippen molar-refractivity contribution in [2.75, 3.05) is 0 Å². The van der Waals surface area contributed by atoms with Crippen molar-refractivity contribution in [3.63, 3.8) is 0 Å². The first-order valence-corrected chi connectivity index (χ1v) is 7.57. The van der Waals surface area contributed by atoms with Crippen LogP contribution < -0.4 is 0 Å². The minimum Gasteiger partial charge on any atom is -0.258 e. The molecule has 0 N–H and O–H groups in total. The number of benzene rings is 2. The second kappa shape index (κ2) is 5.86. The lowest BCUT2D eigenvalue weighted by atomic mass is 9.99. The summed E-state index contributed by atoms with van der Waals surface area (Å²) in [6.07, 6.45) is 3.93. The minimum atomic E-state index is -0.346. The molecule has 1 atom stereocenters. The Labute approximate surface area is 128 Å². The number of fused-ring (bicyclic) bond motifs is 1. The van der Waals surface area contributed by atoms with Gasteiger partial charge in [-0.25, -0.2) is 0 Å². The number of hydrogen-bond acceptors (Lipinski definition) is 2. The number of alkyl halides is 1. The summed E-state index contributed by atoms with van der Waals surface area (Å²) in [6.45, 7) is 0. The fourth-order valence-electron chi connectivity index (χ4n) is 2.96. The molecule has 0 spiro atoms. The normalized spacial score (nSPS) is 14.7. The van der Waals surface area contributed by atoms with Gasteiger partial charge < -0.3 is 0 Å². The van der Waals surface area contributed by atoms with E-state index in [2.05, 4.69) is 18.2 Å². The third-order valence-electron chi connectivity index (χ3n) is 4.07. The molecular formula is C17H16ClNO2. The molecule has 2 aromatic rings. The second-order valence-corrected chi connectivity index (χ2v) is 5.97. The van der Waals surface area contributed by atoms with Crippen LogP contribution in [0.3, 0.4) is 0 Å². The molecule has 3 nitrogen and oxygen atoms in total. The van der Waals surface area contributed by atoms with Gasteiger partial charge in [-0.2, -0.15) is 0 Å². The lowest BCUT2D eigenvalue weighted by molar-refractivity contribution is -0.385. The lowest BCUT2D eigenvalue weighted by Gasteiger charge is -2.12. The highest BCUT2D eigenvalue weighted by atomic mass is 35.5. The van der Waals surface area contributed by atoms with E-state index in [1.54, 1.807) is 12.1 Å². The molecule has 0 fully saturated rings. The molecule has 0 aliphatic heterocycles. The zero-order chi connectivity index (χ0) is 14.8. The van der Waals surface area contributed by atoms with E-state index in [-0.39, 0.29) is 16.0 Å². The van der Waals surface area contributed by atoms with Crippen LogP contribution >= 0.6 is 11.6 Å². The minimum absolute atomic E-state index is 0.143. The first kappa shape index (κ1) is 14.1. The highest BCUT2D eigenvalue weighted by Gasteiger charge is 2.19. The van der Waals surface area contributed by atoms with Gasteiger partial charge in [0.1, 0.15) is 0 Å². The predicted molar refractivity (Wildman–Crippen MR) is 83.9 cm³/mol. The van der Waals surface area contributed by atoms with E-state index in [0.29, 0.717) is 12.0 Å². The van der Waals surface area contributed by atoms with Crippen molar-refractivity contribution in [3.8, 4) is 0 Å². The summed E-state index contributed by atoms with van der Waals surface area (Å²) in [5.41, 5.74) is 4.66. The van der Waals surface area contributed by atoms with Crippen molar-refractivity contribution in [2.45, 2.75) is 31.1 Å². The highest BCUT2D eigenvalue weighted by Crippen LogP contribution is 2.32. The van der Waals surface area contributed by atoms with Gasteiger partial charge in [0.05, 0.1) is 10.3 Å². The molecule has 1 unspecified atom stereocenters. The van der Waals surface area contributed by atoms with Gasteiger partial charge >= 0.3 is 0 Å². The molecule has 1 aliphatic rings. The van der Waals surface area contributed by atoms with Gasteiger partial charge in [-0.15, -0.1) is 11.6 Å². The van der Waals surface area contributed by atoms with Crippen molar-refractivity contribution in [3.05, 3.63) is 74.8 Å². The first-order valence-electron chi connectivity index (χ1n) is 7.13. The Hall–Kier alpha value is -1.87. The summed E-state index contributed by atoms with van der Waals surface area (Å²) in [4.78, 5) is 10.7. The van der Waals surface area contributed by atoms with E-state index in [0.717, 1.165) is 18.4 Å². The number of nitro benzene ring substituents is 1. The van der Waals surface area contributed by atoms with Gasteiger partial charge in [0.15, 0.2) is 0 Å². The van der Waals surface area contributed by atoms with Crippen molar-refractivity contribution < 1.29 is 4.92 Å². The third kappa shape index (κ3) is 2.93. The molecular weight excluding hydrogens is 286 g/mol. The number of aryl methyl sites for hydroxylation is 2. The van der Waals surface area contributed by atoms with Crippen LogP contribution in [0.15, 0.2) is 42.5 Å². The Kier molecular flexibility index (Phi) is 3.93. The summed E-state index contributed by atoms with van der Waals surface area (Å²) in [6, 6.07) is 13.2. The first-order chi connectivity index (χ1) is 10.1. The van der Waals surface area contributed by atoms with Crippen LogP contribution in [0, 0.1) is 10.1 Å². The molecule has 0 saturated carbocycles. The Morgan fingerprint density at radius 1 is 1.14 bits per heavy atom. The second-order valence-electron chi connectivity index (χ2n) is 5.44. The largest absolute Gasteiger partial charge is 0.272 e. The summed E-state index contributed by atoms with van der Waals surface area (Å²) < 4.78 is 0. The Morgan fingerprint density at radius 2 is 1.90 bits per heavy atom. The van der Waals surface area contributed by atoms with E-state index in [1.807, 2.05) is 6.07 Å². The van der Waals surface area contributed by atoms with Gasteiger partial charge in [-0.1, -0.05) is 36.4 Å². The fourth-order valence-corrected chi connectivity index (χ4v) is 3.26. The molecule has 0 saturated heterocycles. The lowest BCUT2D eigenvalue weighted by Crippen LogP contribution is -2.01. The maximum absolute atomic E-state index is 11.1. The zero-order valence-corrected chi connectivity index (χ0v) is 12.3. The van der Waals surface area contributed by atoms with Crippen LogP contribution in [-0.4, -0.2) is 4.92 Å². The molecule has 0 amide bonds. The van der Waals surface area contributed by atoms with Crippen molar-refractivity contribution >= 4 is 17.3 Å². The smallest absolute Gasteiger partial charge is 0.258 e. The number of nitrogens with zero attached hydrogens (tertiary/aromatic N) is 1. The van der Waals surface area contributed by atoms with E-state index < -0.39 is 0 Å². The number of hydrogen-bond donors (Lipinski definition) is 0. The van der Waals surface area contributed by atoms with Crippen LogP contribution in [0.2, 0.25) is 0 Å². The molecule has 21 heavy (non-hydrogen) atoms. The summed E-state index contributed by atoms with van der Waals surface area (Å²) >= 11 is 6.50. The van der Waals surface area contributed by atoms with Crippen LogP contribution in [0.4, 0.5) is 5.69 Å². The fraction of sp³-hybridized carbons (Fsp3) is 0.294. The van der Waals surface area contributed by atoms with E-state index in [4.69, 9.17) is 11.6 Å². The molecule has 0 bridgehead atoms. The molecule has 4 heteroatoms. The van der Waals surface area contributed by atoms with Gasteiger partial charge in [0.25, 0.3) is 5.69 Å². The van der Waals surface area contributed by atoms with Crippen molar-refractivity contribution in [2.24, 2.45) is 0 Å². The van der Waals surface area contributed by atoms with Crippen molar-refractivity contribution in [1.29, 1.82) is 0 Å². The van der Waals surface area contributed by atoms with Gasteiger partial charge in [0.2, 0.25) is 0 Å². The summed E-state index contributed by atoms with van der Waals surface area (Å²) in [5.74, 6) is 0. The molecule has 1 aliphatic carbocycles. The van der Waals surface area contributed by atoms with E-state index in [9.17, 15) is 10.1 Å². The summed E-state index contributed by atoms with van der Waals surface area (Å²) in [7, 11) is 0. The van der Waals surface area contributed by atoms with Crippen molar-refractivity contribution in [1.82, 2.24) is 0 Å². The van der Waals surface area contributed by atoms with Gasteiger partial charge in [0, 0.05) is 11.6 Å². The monoisotopic (exact) mass is 301 g/mol. The van der Waals surface area contributed by atoms with Crippen LogP contribution in [0.1, 0.15) is 34.1 Å². The SMILES string of the molecule is O=[N+]([O-])c1ccccc1CC(Cl)c1ccc2c(c1)CCC2. The number of nitro groups is 1.